The van der Waals surface area contributed by atoms with E-state index in [9.17, 15) is 0 Å². The molecule has 2 aliphatic heterocycles. The van der Waals surface area contributed by atoms with Crippen LogP contribution in [0.1, 0.15) is 24.2 Å². The Labute approximate surface area is 155 Å². The summed E-state index contributed by atoms with van der Waals surface area (Å²) in [5.41, 5.74) is 2.37. The number of nitrogens with zero attached hydrogens (tertiary/aromatic N) is 5. The van der Waals surface area contributed by atoms with Crippen LogP contribution in [0.25, 0.3) is 0 Å². The Morgan fingerprint density at radius 2 is 2.00 bits per heavy atom. The zero-order valence-corrected chi connectivity index (χ0v) is 15.5. The summed E-state index contributed by atoms with van der Waals surface area (Å²) in [6, 6.07) is 8.14. The average molecular weight is 353 g/mol. The van der Waals surface area contributed by atoms with Crippen LogP contribution >= 0.6 is 0 Å². The molecule has 6 nitrogen and oxygen atoms in total. The Bertz CT molecular complexity index is 725. The van der Waals surface area contributed by atoms with Gasteiger partial charge < -0.3 is 9.64 Å². The van der Waals surface area contributed by atoms with Crippen molar-refractivity contribution in [1.82, 2.24) is 19.9 Å². The summed E-state index contributed by atoms with van der Waals surface area (Å²) in [5.74, 6) is 0.815. The maximum atomic E-state index is 6.02. The van der Waals surface area contributed by atoms with E-state index in [0.29, 0.717) is 0 Å². The van der Waals surface area contributed by atoms with Crippen molar-refractivity contribution in [3.63, 3.8) is 0 Å². The monoisotopic (exact) mass is 353 g/mol. The second-order valence-electron chi connectivity index (χ2n) is 7.61. The quantitative estimate of drug-likeness (QED) is 0.844. The highest BCUT2D eigenvalue weighted by Gasteiger charge is 2.39. The number of rotatable bonds is 3. The SMILES string of the molecule is Cc1cccc(CN2CCCC3(COCCN(c4ncccn4)C3)C2)n1. The second-order valence-corrected chi connectivity index (χ2v) is 7.61. The molecule has 1 atom stereocenters. The molecular formula is C20H27N5O. The molecule has 2 fully saturated rings. The second kappa shape index (κ2) is 7.68. The van der Waals surface area contributed by atoms with E-state index in [1.54, 1.807) is 0 Å². The fourth-order valence-corrected chi connectivity index (χ4v) is 4.23. The van der Waals surface area contributed by atoms with E-state index in [4.69, 9.17) is 4.74 Å². The van der Waals surface area contributed by atoms with Crippen molar-refractivity contribution in [2.24, 2.45) is 5.41 Å². The van der Waals surface area contributed by atoms with E-state index >= 15 is 0 Å². The molecule has 1 unspecified atom stereocenters. The van der Waals surface area contributed by atoms with Gasteiger partial charge in [0, 0.05) is 49.7 Å². The summed E-state index contributed by atoms with van der Waals surface area (Å²) in [4.78, 5) is 18.4. The molecule has 0 aromatic carbocycles. The Kier molecular flexibility index (Phi) is 5.13. The number of aryl methyl sites for hydroxylation is 1. The third-order valence-corrected chi connectivity index (χ3v) is 5.35. The lowest BCUT2D eigenvalue weighted by atomic mass is 9.80. The first-order valence-corrected chi connectivity index (χ1v) is 9.47. The van der Waals surface area contributed by atoms with Gasteiger partial charge in [0.05, 0.1) is 18.9 Å². The lowest BCUT2D eigenvalue weighted by molar-refractivity contribution is 0.0102. The molecule has 0 saturated carbocycles. The number of ether oxygens (including phenoxy) is 1. The Balaban J connectivity index is 1.49. The lowest BCUT2D eigenvalue weighted by Crippen LogP contribution is -2.50. The molecule has 4 heterocycles. The van der Waals surface area contributed by atoms with Gasteiger partial charge in [0.2, 0.25) is 5.95 Å². The van der Waals surface area contributed by atoms with E-state index in [2.05, 4.69) is 49.9 Å². The minimum absolute atomic E-state index is 0.137. The highest BCUT2D eigenvalue weighted by molar-refractivity contribution is 5.29. The van der Waals surface area contributed by atoms with Crippen molar-refractivity contribution in [1.29, 1.82) is 0 Å². The fraction of sp³-hybridized carbons (Fsp3) is 0.550. The van der Waals surface area contributed by atoms with Crippen LogP contribution in [-0.2, 0) is 11.3 Å². The smallest absolute Gasteiger partial charge is 0.225 e. The largest absolute Gasteiger partial charge is 0.379 e. The molecule has 0 radical (unpaired) electrons. The van der Waals surface area contributed by atoms with Crippen LogP contribution in [0.2, 0.25) is 0 Å². The molecule has 6 heteroatoms. The van der Waals surface area contributed by atoms with Gasteiger partial charge in [0.1, 0.15) is 0 Å². The number of piperidine rings is 1. The minimum Gasteiger partial charge on any atom is -0.379 e. The summed E-state index contributed by atoms with van der Waals surface area (Å²) in [7, 11) is 0. The summed E-state index contributed by atoms with van der Waals surface area (Å²) in [6.45, 7) is 8.47. The summed E-state index contributed by atoms with van der Waals surface area (Å²) >= 11 is 0. The van der Waals surface area contributed by atoms with Crippen LogP contribution in [0.5, 0.6) is 0 Å². The Morgan fingerprint density at radius 3 is 2.85 bits per heavy atom. The number of pyridine rings is 1. The molecule has 26 heavy (non-hydrogen) atoms. The lowest BCUT2D eigenvalue weighted by Gasteiger charge is -2.43. The van der Waals surface area contributed by atoms with Crippen molar-refractivity contribution in [2.45, 2.75) is 26.3 Å². The maximum absolute atomic E-state index is 6.02. The van der Waals surface area contributed by atoms with Crippen LogP contribution in [0.15, 0.2) is 36.7 Å². The van der Waals surface area contributed by atoms with Gasteiger partial charge in [0.25, 0.3) is 0 Å². The third-order valence-electron chi connectivity index (χ3n) is 5.35. The van der Waals surface area contributed by atoms with Gasteiger partial charge in [-0.2, -0.15) is 0 Å². The molecule has 2 aromatic rings. The van der Waals surface area contributed by atoms with Crippen molar-refractivity contribution in [3.05, 3.63) is 48.0 Å². The first kappa shape index (κ1) is 17.4. The highest BCUT2D eigenvalue weighted by Crippen LogP contribution is 2.34. The molecule has 2 aliphatic rings. The van der Waals surface area contributed by atoms with Gasteiger partial charge in [-0.25, -0.2) is 9.97 Å². The number of hydrogen-bond donors (Lipinski definition) is 0. The van der Waals surface area contributed by atoms with Crippen LogP contribution in [0.4, 0.5) is 5.95 Å². The summed E-state index contributed by atoms with van der Waals surface area (Å²) in [5, 5.41) is 0. The van der Waals surface area contributed by atoms with Crippen molar-refractivity contribution in [3.8, 4) is 0 Å². The van der Waals surface area contributed by atoms with Crippen LogP contribution < -0.4 is 4.90 Å². The number of anilines is 1. The van der Waals surface area contributed by atoms with E-state index in [1.807, 2.05) is 18.5 Å². The van der Waals surface area contributed by atoms with Crippen LogP contribution in [0.3, 0.4) is 0 Å². The van der Waals surface area contributed by atoms with Gasteiger partial charge in [-0.3, -0.25) is 9.88 Å². The number of likely N-dealkylation sites (tertiary alicyclic amines) is 1. The highest BCUT2D eigenvalue weighted by atomic mass is 16.5. The molecule has 0 amide bonds. The normalized spacial score (nSPS) is 24.6. The van der Waals surface area contributed by atoms with Gasteiger partial charge in [-0.15, -0.1) is 0 Å². The van der Waals surface area contributed by atoms with Gasteiger partial charge in [0.15, 0.2) is 0 Å². The Hall–Kier alpha value is -2.05. The summed E-state index contributed by atoms with van der Waals surface area (Å²) < 4.78 is 6.02. The van der Waals surface area contributed by atoms with Crippen molar-refractivity contribution >= 4 is 5.95 Å². The minimum atomic E-state index is 0.137. The van der Waals surface area contributed by atoms with E-state index in [0.717, 1.165) is 63.3 Å². The predicted octanol–water partition coefficient (Wildman–Crippen LogP) is 2.30. The van der Waals surface area contributed by atoms with Gasteiger partial charge in [-0.05, 0) is 44.5 Å². The number of hydrogen-bond acceptors (Lipinski definition) is 6. The molecule has 1 spiro atoms. The third kappa shape index (κ3) is 4.02. The van der Waals surface area contributed by atoms with Gasteiger partial charge in [-0.1, -0.05) is 6.07 Å². The van der Waals surface area contributed by atoms with Crippen LogP contribution in [-0.4, -0.2) is 59.2 Å². The zero-order valence-electron chi connectivity index (χ0n) is 15.5. The summed E-state index contributed by atoms with van der Waals surface area (Å²) in [6.07, 6.45) is 6.02. The Morgan fingerprint density at radius 1 is 1.12 bits per heavy atom. The first-order chi connectivity index (χ1) is 12.7. The zero-order chi connectivity index (χ0) is 17.8. The maximum Gasteiger partial charge on any atom is 0.225 e. The molecule has 0 bridgehead atoms. The molecule has 138 valence electrons. The molecule has 4 rings (SSSR count). The van der Waals surface area contributed by atoms with Crippen molar-refractivity contribution < 1.29 is 4.74 Å². The van der Waals surface area contributed by atoms with E-state index < -0.39 is 0 Å². The standard InChI is InChI=1S/C20H27N5O/c1-17-5-2-6-18(23-17)13-24-10-3-7-20(14-24)15-25(11-12-26-16-20)19-21-8-4-9-22-19/h2,4-6,8-9H,3,7,10-16H2,1H3. The van der Waals surface area contributed by atoms with Crippen LogP contribution in [0, 0.1) is 12.3 Å². The van der Waals surface area contributed by atoms with E-state index in [1.165, 1.54) is 12.8 Å². The van der Waals surface area contributed by atoms with E-state index in [-0.39, 0.29) is 5.41 Å². The fourth-order valence-electron chi connectivity index (χ4n) is 4.23. The van der Waals surface area contributed by atoms with Gasteiger partial charge >= 0.3 is 0 Å². The molecule has 2 saturated heterocycles. The molecule has 2 aromatic heterocycles. The molecule has 0 aliphatic carbocycles. The first-order valence-electron chi connectivity index (χ1n) is 9.47. The molecular weight excluding hydrogens is 326 g/mol. The predicted molar refractivity (Wildman–Crippen MR) is 101 cm³/mol. The topological polar surface area (TPSA) is 54.4 Å². The number of aromatic nitrogens is 3. The average Bonchev–Trinajstić information content (AvgIpc) is 2.85. The molecule has 0 N–H and O–H groups in total. The van der Waals surface area contributed by atoms with Crippen molar-refractivity contribution in [2.75, 3.05) is 44.3 Å².